The third kappa shape index (κ3) is 2.07. The van der Waals surface area contributed by atoms with E-state index in [1.807, 2.05) is 0 Å². The fraction of sp³-hybridized carbons (Fsp3) is 0.692. The fourth-order valence-corrected chi connectivity index (χ4v) is 2.57. The molecule has 0 amide bonds. The Labute approximate surface area is 102 Å². The summed E-state index contributed by atoms with van der Waals surface area (Å²) in [5.41, 5.74) is 3.61. The van der Waals surface area contributed by atoms with Gasteiger partial charge in [-0.25, -0.2) is 9.97 Å². The first kappa shape index (κ1) is 11.1. The highest BCUT2D eigenvalue weighted by molar-refractivity contribution is 5.28. The van der Waals surface area contributed by atoms with E-state index in [4.69, 9.17) is 9.72 Å². The summed E-state index contributed by atoms with van der Waals surface area (Å²) in [4.78, 5) is 9.37. The Bertz CT molecular complexity index is 429. The quantitative estimate of drug-likeness (QED) is 0.860. The Balaban J connectivity index is 1.97. The highest BCUT2D eigenvalue weighted by Crippen LogP contribution is 2.42. The van der Waals surface area contributed by atoms with E-state index in [1.54, 1.807) is 7.11 Å². The number of aryl methyl sites for hydroxylation is 1. The molecule has 17 heavy (non-hydrogen) atoms. The predicted molar refractivity (Wildman–Crippen MR) is 64.7 cm³/mol. The van der Waals surface area contributed by atoms with Crippen LogP contribution in [0.2, 0.25) is 0 Å². The third-order valence-corrected chi connectivity index (χ3v) is 3.72. The molecule has 1 N–H and O–H groups in total. The van der Waals surface area contributed by atoms with Gasteiger partial charge in [0.05, 0.1) is 5.69 Å². The van der Waals surface area contributed by atoms with Gasteiger partial charge in [-0.15, -0.1) is 0 Å². The number of rotatable bonds is 3. The summed E-state index contributed by atoms with van der Waals surface area (Å²) >= 11 is 0. The molecule has 2 heterocycles. The van der Waals surface area contributed by atoms with Crippen LogP contribution in [0.5, 0.6) is 0 Å². The van der Waals surface area contributed by atoms with Crippen molar-refractivity contribution < 1.29 is 4.74 Å². The molecule has 1 aromatic rings. The number of methoxy groups -OCH3 is 1. The topological polar surface area (TPSA) is 47.0 Å². The van der Waals surface area contributed by atoms with Crippen molar-refractivity contribution in [3.63, 3.8) is 0 Å². The van der Waals surface area contributed by atoms with Crippen molar-refractivity contribution in [2.45, 2.75) is 38.8 Å². The number of aromatic nitrogens is 2. The summed E-state index contributed by atoms with van der Waals surface area (Å²) in [6.07, 6.45) is 3.61. The molecular formula is C13H19N3O. The van der Waals surface area contributed by atoms with Gasteiger partial charge in [0.2, 0.25) is 0 Å². The smallest absolute Gasteiger partial charge is 0.157 e. The molecule has 0 radical (unpaired) electrons. The first-order chi connectivity index (χ1) is 8.29. The van der Waals surface area contributed by atoms with Crippen LogP contribution in [0.4, 0.5) is 0 Å². The van der Waals surface area contributed by atoms with E-state index in [0.29, 0.717) is 5.92 Å². The lowest BCUT2D eigenvalue weighted by Crippen LogP contribution is -2.27. The second kappa shape index (κ2) is 4.35. The Morgan fingerprint density at radius 3 is 2.88 bits per heavy atom. The molecule has 1 unspecified atom stereocenters. The number of ether oxygens (including phenoxy) is 1. The average molecular weight is 233 g/mol. The van der Waals surface area contributed by atoms with E-state index < -0.39 is 0 Å². The van der Waals surface area contributed by atoms with Gasteiger partial charge in [0.1, 0.15) is 6.10 Å². The van der Waals surface area contributed by atoms with Gasteiger partial charge >= 0.3 is 0 Å². The molecule has 1 saturated carbocycles. The number of fused-ring (bicyclic) bond motifs is 1. The van der Waals surface area contributed by atoms with E-state index in [0.717, 1.165) is 31.0 Å². The highest BCUT2D eigenvalue weighted by Gasteiger charge is 2.35. The summed E-state index contributed by atoms with van der Waals surface area (Å²) in [5, 5.41) is 3.37. The molecule has 1 fully saturated rings. The molecule has 92 valence electrons. The predicted octanol–water partition coefficient (Wildman–Crippen LogP) is 1.53. The highest BCUT2D eigenvalue weighted by atomic mass is 16.5. The molecular weight excluding hydrogens is 214 g/mol. The molecule has 4 heteroatoms. The van der Waals surface area contributed by atoms with Crippen LogP contribution >= 0.6 is 0 Å². The largest absolute Gasteiger partial charge is 0.373 e. The molecule has 2 aliphatic rings. The van der Waals surface area contributed by atoms with Gasteiger partial charge in [0.25, 0.3) is 0 Å². The maximum absolute atomic E-state index is 5.57. The zero-order valence-electron chi connectivity index (χ0n) is 10.5. The first-order valence-electron chi connectivity index (χ1n) is 6.39. The summed E-state index contributed by atoms with van der Waals surface area (Å²) in [6.45, 7) is 4.00. The van der Waals surface area contributed by atoms with Crippen molar-refractivity contribution in [3.05, 3.63) is 22.8 Å². The van der Waals surface area contributed by atoms with Gasteiger partial charge in [-0.2, -0.15) is 0 Å². The molecule has 0 spiro atoms. The van der Waals surface area contributed by atoms with E-state index in [2.05, 4.69) is 17.2 Å². The van der Waals surface area contributed by atoms with Crippen molar-refractivity contribution in [2.24, 2.45) is 5.92 Å². The second-order valence-electron chi connectivity index (χ2n) is 5.01. The van der Waals surface area contributed by atoms with Gasteiger partial charge in [-0.05, 0) is 25.7 Å². The molecule has 1 aromatic heterocycles. The summed E-state index contributed by atoms with van der Waals surface area (Å²) < 4.78 is 5.57. The molecule has 1 aliphatic carbocycles. The third-order valence-electron chi connectivity index (χ3n) is 3.72. The minimum absolute atomic E-state index is 0.105. The van der Waals surface area contributed by atoms with Crippen molar-refractivity contribution in [1.29, 1.82) is 0 Å². The van der Waals surface area contributed by atoms with Crippen LogP contribution in [-0.2, 0) is 17.7 Å². The molecule has 4 nitrogen and oxygen atoms in total. The monoisotopic (exact) mass is 233 g/mol. The van der Waals surface area contributed by atoms with E-state index in [1.165, 1.54) is 24.1 Å². The lowest BCUT2D eigenvalue weighted by Gasteiger charge is -2.21. The normalized spacial score (nSPS) is 21.1. The van der Waals surface area contributed by atoms with Crippen LogP contribution in [0.25, 0.3) is 0 Å². The van der Waals surface area contributed by atoms with E-state index >= 15 is 0 Å². The molecule has 0 bridgehead atoms. The average Bonchev–Trinajstić information content (AvgIpc) is 3.15. The molecule has 1 atom stereocenters. The standard InChI is InChI=1S/C13H19N3O/c1-8-10-7-14-6-5-11(10)16-13(15-8)12(17-2)9-3-4-9/h9,12,14H,3-7H2,1-2H3. The van der Waals surface area contributed by atoms with Crippen LogP contribution in [-0.4, -0.2) is 23.6 Å². The fourth-order valence-electron chi connectivity index (χ4n) is 2.57. The summed E-state index contributed by atoms with van der Waals surface area (Å²) in [5.74, 6) is 1.53. The SMILES string of the molecule is COC(c1nc(C)c2c(n1)CCNC2)C1CC1. The maximum atomic E-state index is 5.57. The second-order valence-corrected chi connectivity index (χ2v) is 5.01. The number of hydrogen-bond donors (Lipinski definition) is 1. The number of hydrogen-bond acceptors (Lipinski definition) is 4. The van der Waals surface area contributed by atoms with E-state index in [-0.39, 0.29) is 6.10 Å². The van der Waals surface area contributed by atoms with Crippen molar-refractivity contribution in [2.75, 3.05) is 13.7 Å². The van der Waals surface area contributed by atoms with Crippen LogP contribution in [0.1, 0.15) is 41.7 Å². The van der Waals surface area contributed by atoms with E-state index in [9.17, 15) is 0 Å². The van der Waals surface area contributed by atoms with Crippen molar-refractivity contribution in [3.8, 4) is 0 Å². The van der Waals surface area contributed by atoms with Gasteiger partial charge in [-0.1, -0.05) is 0 Å². The molecule has 1 aliphatic heterocycles. The Morgan fingerprint density at radius 2 is 2.18 bits per heavy atom. The zero-order valence-corrected chi connectivity index (χ0v) is 10.5. The zero-order chi connectivity index (χ0) is 11.8. The Kier molecular flexibility index (Phi) is 2.84. The number of nitrogens with zero attached hydrogens (tertiary/aromatic N) is 2. The molecule has 0 saturated heterocycles. The lowest BCUT2D eigenvalue weighted by molar-refractivity contribution is 0.0767. The molecule has 0 aromatic carbocycles. The van der Waals surface area contributed by atoms with Gasteiger partial charge in [0, 0.05) is 37.9 Å². The van der Waals surface area contributed by atoms with Crippen LogP contribution in [0.3, 0.4) is 0 Å². The number of nitrogens with one attached hydrogen (secondary N) is 1. The van der Waals surface area contributed by atoms with Crippen molar-refractivity contribution >= 4 is 0 Å². The van der Waals surface area contributed by atoms with Gasteiger partial charge in [-0.3, -0.25) is 0 Å². The van der Waals surface area contributed by atoms with Crippen LogP contribution in [0, 0.1) is 12.8 Å². The lowest BCUT2D eigenvalue weighted by atomic mass is 10.1. The Morgan fingerprint density at radius 1 is 1.35 bits per heavy atom. The van der Waals surface area contributed by atoms with Crippen LogP contribution in [0.15, 0.2) is 0 Å². The first-order valence-corrected chi connectivity index (χ1v) is 6.39. The molecule has 3 rings (SSSR count). The minimum atomic E-state index is 0.105. The van der Waals surface area contributed by atoms with Gasteiger partial charge < -0.3 is 10.1 Å². The summed E-state index contributed by atoms with van der Waals surface area (Å²) in [7, 11) is 1.77. The Hall–Kier alpha value is -1.00. The van der Waals surface area contributed by atoms with Crippen molar-refractivity contribution in [1.82, 2.24) is 15.3 Å². The minimum Gasteiger partial charge on any atom is -0.373 e. The maximum Gasteiger partial charge on any atom is 0.157 e. The summed E-state index contributed by atoms with van der Waals surface area (Å²) in [6, 6.07) is 0. The van der Waals surface area contributed by atoms with Crippen LogP contribution < -0.4 is 5.32 Å². The van der Waals surface area contributed by atoms with Gasteiger partial charge in [0.15, 0.2) is 5.82 Å².